The first-order valence-corrected chi connectivity index (χ1v) is 8.41. The molecule has 1 saturated carbocycles. The summed E-state index contributed by atoms with van der Waals surface area (Å²) in [6.07, 6.45) is 4.23. The molecule has 1 aliphatic rings. The summed E-state index contributed by atoms with van der Waals surface area (Å²) in [6, 6.07) is 5.82. The van der Waals surface area contributed by atoms with E-state index in [-0.39, 0.29) is 5.41 Å². The van der Waals surface area contributed by atoms with E-state index in [1.54, 1.807) is 0 Å². The number of carbonyl (C=O) groups excluding carboxylic acids is 1. The van der Waals surface area contributed by atoms with Gasteiger partial charge < -0.3 is 11.5 Å². The van der Waals surface area contributed by atoms with Crippen molar-refractivity contribution in [1.29, 1.82) is 0 Å². The molecule has 0 saturated heterocycles. The van der Waals surface area contributed by atoms with Gasteiger partial charge in [-0.25, -0.2) is 0 Å². The topological polar surface area (TPSA) is 69.1 Å². The van der Waals surface area contributed by atoms with Gasteiger partial charge in [0.1, 0.15) is 5.78 Å². The van der Waals surface area contributed by atoms with Gasteiger partial charge in [0.2, 0.25) is 0 Å². The molecule has 0 heterocycles. The zero-order valence-electron chi connectivity index (χ0n) is 15.2. The lowest BCUT2D eigenvalue weighted by molar-refractivity contribution is -0.127. The van der Waals surface area contributed by atoms with Crippen LogP contribution >= 0.6 is 0 Å². The van der Waals surface area contributed by atoms with Crippen molar-refractivity contribution in [2.24, 2.45) is 5.92 Å². The van der Waals surface area contributed by atoms with E-state index in [0.717, 1.165) is 18.8 Å². The fourth-order valence-electron chi connectivity index (χ4n) is 2.24. The van der Waals surface area contributed by atoms with Crippen molar-refractivity contribution in [1.82, 2.24) is 0 Å². The van der Waals surface area contributed by atoms with Gasteiger partial charge in [-0.1, -0.05) is 54.0 Å². The monoisotopic (exact) mass is 306 g/mol. The highest BCUT2D eigenvalue weighted by molar-refractivity contribution is 5.84. The molecule has 126 valence electrons. The Balaban J connectivity index is 0.000000382. The van der Waals surface area contributed by atoms with E-state index in [4.69, 9.17) is 11.5 Å². The molecule has 2 rings (SSSR count). The Kier molecular flexibility index (Phi) is 8.84. The maximum absolute atomic E-state index is 10.4. The molecule has 1 fully saturated rings. The number of hydrogen-bond acceptors (Lipinski definition) is 3. The lowest BCUT2D eigenvalue weighted by Gasteiger charge is -2.22. The fourth-order valence-corrected chi connectivity index (χ4v) is 2.24. The van der Waals surface area contributed by atoms with Gasteiger partial charge in [-0.3, -0.25) is 4.79 Å². The van der Waals surface area contributed by atoms with Crippen LogP contribution in [0.15, 0.2) is 18.2 Å². The van der Waals surface area contributed by atoms with Crippen LogP contribution in [-0.4, -0.2) is 5.78 Å². The minimum Gasteiger partial charge on any atom is -0.397 e. The Labute approximate surface area is 136 Å². The van der Waals surface area contributed by atoms with Gasteiger partial charge >= 0.3 is 0 Å². The summed E-state index contributed by atoms with van der Waals surface area (Å²) < 4.78 is 0. The van der Waals surface area contributed by atoms with Crippen LogP contribution in [0.5, 0.6) is 0 Å². The van der Waals surface area contributed by atoms with Crippen LogP contribution in [0, 0.1) is 5.92 Å². The first-order valence-electron chi connectivity index (χ1n) is 8.41. The van der Waals surface area contributed by atoms with Crippen LogP contribution in [0.4, 0.5) is 11.4 Å². The number of benzene rings is 1. The molecule has 0 aromatic heterocycles. The van der Waals surface area contributed by atoms with Crippen molar-refractivity contribution in [3.63, 3.8) is 0 Å². The third-order valence-electron chi connectivity index (χ3n) is 3.68. The zero-order chi connectivity index (χ0) is 17.3. The van der Waals surface area contributed by atoms with Crippen molar-refractivity contribution in [3.05, 3.63) is 23.8 Å². The number of Topliss-reactive ketones (excluding diaryl/α,β-unsaturated/α-hetero) is 1. The third-order valence-corrected chi connectivity index (χ3v) is 3.68. The molecule has 1 aromatic carbocycles. The van der Waals surface area contributed by atoms with Crippen LogP contribution in [0.3, 0.4) is 0 Å². The Bertz CT molecular complexity index is 453. The average molecular weight is 306 g/mol. The zero-order valence-corrected chi connectivity index (χ0v) is 15.2. The third kappa shape index (κ3) is 6.97. The molecule has 1 aromatic rings. The fraction of sp³-hybridized carbons (Fsp3) is 0.632. The summed E-state index contributed by atoms with van der Waals surface area (Å²) in [6.45, 7) is 12.6. The molecule has 0 unspecified atom stereocenters. The Morgan fingerprint density at radius 2 is 1.64 bits per heavy atom. The number of rotatable bonds is 2. The number of nitrogen functional groups attached to an aromatic ring is 2. The van der Waals surface area contributed by atoms with Crippen LogP contribution in [0.1, 0.15) is 72.8 Å². The molecule has 0 bridgehead atoms. The molecule has 3 heteroatoms. The highest BCUT2D eigenvalue weighted by Crippen LogP contribution is 2.27. The van der Waals surface area contributed by atoms with Gasteiger partial charge in [-0.2, -0.15) is 0 Å². The van der Waals surface area contributed by atoms with Crippen molar-refractivity contribution < 1.29 is 4.79 Å². The quantitative estimate of drug-likeness (QED) is 0.760. The predicted molar refractivity (Wildman–Crippen MR) is 98.0 cm³/mol. The van der Waals surface area contributed by atoms with Gasteiger partial charge in [-0.15, -0.1) is 0 Å². The molecule has 0 radical (unpaired) electrons. The highest BCUT2D eigenvalue weighted by atomic mass is 16.1. The summed E-state index contributed by atoms with van der Waals surface area (Å²) in [4.78, 5) is 10.4. The maximum atomic E-state index is 10.4. The number of carbonyl (C=O) groups is 1. The van der Waals surface area contributed by atoms with Gasteiger partial charge in [-0.05, 0) is 35.4 Å². The van der Waals surface area contributed by atoms with E-state index in [1.165, 1.54) is 18.4 Å². The van der Waals surface area contributed by atoms with E-state index in [1.807, 2.05) is 32.0 Å². The van der Waals surface area contributed by atoms with Gasteiger partial charge in [0, 0.05) is 12.8 Å². The molecule has 3 nitrogen and oxygen atoms in total. The Morgan fingerprint density at radius 3 is 2.00 bits per heavy atom. The van der Waals surface area contributed by atoms with Crippen molar-refractivity contribution in [2.75, 3.05) is 11.5 Å². The lowest BCUT2D eigenvalue weighted by atomic mass is 9.81. The summed E-state index contributed by atoms with van der Waals surface area (Å²) in [5.74, 6) is 1.22. The molecular weight excluding hydrogens is 272 g/mol. The van der Waals surface area contributed by atoms with Crippen molar-refractivity contribution >= 4 is 17.2 Å². The average Bonchev–Trinajstić information content (AvgIpc) is 2.42. The SMILES string of the molecule is CC.CC(C)(C)c1ccc(N)c(N)c1.CCCC1CC(=O)C1. The highest BCUT2D eigenvalue weighted by Gasteiger charge is 2.24. The Hall–Kier alpha value is -1.51. The second kappa shape index (κ2) is 9.50. The molecule has 0 atom stereocenters. The predicted octanol–water partition coefficient (Wildman–Crippen LogP) is 4.94. The molecule has 22 heavy (non-hydrogen) atoms. The minimum atomic E-state index is 0.141. The first-order chi connectivity index (χ1) is 10.2. The van der Waals surface area contributed by atoms with E-state index >= 15 is 0 Å². The molecule has 4 N–H and O–H groups in total. The second-order valence-corrected chi connectivity index (χ2v) is 6.70. The normalized spacial score (nSPS) is 14.2. The Morgan fingerprint density at radius 1 is 1.09 bits per heavy atom. The maximum Gasteiger partial charge on any atom is 0.133 e. The largest absolute Gasteiger partial charge is 0.397 e. The van der Waals surface area contributed by atoms with Gasteiger partial charge in [0.05, 0.1) is 11.4 Å². The van der Waals surface area contributed by atoms with Gasteiger partial charge in [0.25, 0.3) is 0 Å². The van der Waals surface area contributed by atoms with E-state index in [0.29, 0.717) is 17.2 Å². The van der Waals surface area contributed by atoms with E-state index in [9.17, 15) is 4.79 Å². The molecule has 0 spiro atoms. The molecule has 0 amide bonds. The lowest BCUT2D eigenvalue weighted by Crippen LogP contribution is -2.22. The van der Waals surface area contributed by atoms with Crippen molar-refractivity contribution in [2.45, 2.75) is 72.6 Å². The molecular formula is C19H34N2O. The van der Waals surface area contributed by atoms with Crippen LogP contribution in [0.2, 0.25) is 0 Å². The smallest absolute Gasteiger partial charge is 0.133 e. The molecule has 0 aliphatic heterocycles. The van der Waals surface area contributed by atoms with E-state index in [2.05, 4.69) is 27.7 Å². The summed E-state index contributed by atoms with van der Waals surface area (Å²) in [7, 11) is 0. The van der Waals surface area contributed by atoms with Crippen LogP contribution in [0.25, 0.3) is 0 Å². The summed E-state index contributed by atoms with van der Waals surface area (Å²) >= 11 is 0. The number of ketones is 1. The van der Waals surface area contributed by atoms with Gasteiger partial charge in [0.15, 0.2) is 0 Å². The number of anilines is 2. The summed E-state index contributed by atoms with van der Waals surface area (Å²) in [5.41, 5.74) is 14.0. The molecule has 1 aliphatic carbocycles. The second-order valence-electron chi connectivity index (χ2n) is 6.70. The van der Waals surface area contributed by atoms with Crippen LogP contribution in [-0.2, 0) is 10.2 Å². The van der Waals surface area contributed by atoms with Crippen molar-refractivity contribution in [3.8, 4) is 0 Å². The minimum absolute atomic E-state index is 0.141. The van der Waals surface area contributed by atoms with E-state index < -0.39 is 0 Å². The standard InChI is InChI=1S/C10H16N2.C7H12O.C2H6/c1-10(2,3)7-4-5-8(11)9(12)6-7;1-2-3-6-4-7(8)5-6;1-2/h4-6H,11-12H2,1-3H3;6H,2-5H2,1H3;1-2H3. The van der Waals surface area contributed by atoms with Crippen LogP contribution < -0.4 is 11.5 Å². The number of nitrogens with two attached hydrogens (primary N) is 2. The first kappa shape index (κ1) is 20.5. The number of hydrogen-bond donors (Lipinski definition) is 2. The summed E-state index contributed by atoms with van der Waals surface area (Å²) in [5, 5.41) is 0.